The maximum Gasteiger partial charge on any atom is 0.219 e. The van der Waals surface area contributed by atoms with Crippen LogP contribution in [0.25, 0.3) is 0 Å². The van der Waals surface area contributed by atoms with Crippen LogP contribution in [0.1, 0.15) is 0 Å². The lowest BCUT2D eigenvalue weighted by Gasteiger charge is -2.20. The number of benzene rings is 2. The van der Waals surface area contributed by atoms with Crippen LogP contribution < -0.4 is 9.64 Å². The Labute approximate surface area is 124 Å². The second kappa shape index (κ2) is 6.09. The van der Waals surface area contributed by atoms with Crippen molar-refractivity contribution in [3.8, 4) is 11.6 Å². The van der Waals surface area contributed by atoms with E-state index in [9.17, 15) is 0 Å². The molecule has 3 heteroatoms. The maximum atomic E-state index is 5.77. The summed E-state index contributed by atoms with van der Waals surface area (Å²) in [5, 5.41) is 0. The number of aromatic nitrogens is 1. The molecule has 0 atom stereocenters. The highest BCUT2D eigenvalue weighted by molar-refractivity contribution is 5.63. The molecular weight excluding hydrogens is 260 g/mol. The van der Waals surface area contributed by atoms with E-state index in [1.54, 1.807) is 6.20 Å². The molecule has 3 nitrogen and oxygen atoms in total. The molecule has 1 aromatic heterocycles. The van der Waals surface area contributed by atoms with Crippen molar-refractivity contribution >= 4 is 11.4 Å². The fourth-order valence-corrected chi connectivity index (χ4v) is 2.08. The molecule has 0 N–H and O–H groups in total. The molecule has 0 saturated carbocycles. The van der Waals surface area contributed by atoms with E-state index in [1.807, 2.05) is 61.6 Å². The lowest BCUT2D eigenvalue weighted by atomic mass is 10.2. The van der Waals surface area contributed by atoms with E-state index in [1.165, 1.54) is 0 Å². The summed E-state index contributed by atoms with van der Waals surface area (Å²) in [7, 11) is 2.04. The molecule has 21 heavy (non-hydrogen) atoms. The Morgan fingerprint density at radius 2 is 1.57 bits per heavy atom. The number of anilines is 2. The van der Waals surface area contributed by atoms with E-state index >= 15 is 0 Å². The van der Waals surface area contributed by atoms with Gasteiger partial charge in [0.15, 0.2) is 0 Å². The first kappa shape index (κ1) is 13.2. The van der Waals surface area contributed by atoms with Gasteiger partial charge in [-0.05, 0) is 30.3 Å². The number of rotatable bonds is 4. The van der Waals surface area contributed by atoms with Gasteiger partial charge in [-0.25, -0.2) is 4.98 Å². The zero-order valence-corrected chi connectivity index (χ0v) is 11.8. The van der Waals surface area contributed by atoms with Crippen molar-refractivity contribution < 1.29 is 4.74 Å². The minimum Gasteiger partial charge on any atom is -0.439 e. The quantitative estimate of drug-likeness (QED) is 0.694. The van der Waals surface area contributed by atoms with Gasteiger partial charge in [0, 0.05) is 36.8 Å². The molecule has 0 aliphatic heterocycles. The van der Waals surface area contributed by atoms with Crippen LogP contribution >= 0.6 is 0 Å². The zero-order chi connectivity index (χ0) is 14.5. The molecule has 1 heterocycles. The second-order valence-corrected chi connectivity index (χ2v) is 4.66. The summed E-state index contributed by atoms with van der Waals surface area (Å²) < 4.78 is 5.77. The first-order chi connectivity index (χ1) is 10.3. The highest BCUT2D eigenvalue weighted by Crippen LogP contribution is 2.28. The number of hydrogen-bond donors (Lipinski definition) is 0. The van der Waals surface area contributed by atoms with Crippen molar-refractivity contribution in [1.82, 2.24) is 4.98 Å². The van der Waals surface area contributed by atoms with Crippen LogP contribution in [0.15, 0.2) is 79.0 Å². The Morgan fingerprint density at radius 1 is 0.810 bits per heavy atom. The molecule has 0 aliphatic rings. The van der Waals surface area contributed by atoms with E-state index in [4.69, 9.17) is 4.74 Å². The van der Waals surface area contributed by atoms with Crippen molar-refractivity contribution in [1.29, 1.82) is 0 Å². The number of nitrogens with zero attached hydrogens (tertiary/aromatic N) is 2. The fourth-order valence-electron chi connectivity index (χ4n) is 2.08. The van der Waals surface area contributed by atoms with Gasteiger partial charge in [-0.1, -0.05) is 30.3 Å². The lowest BCUT2D eigenvalue weighted by Crippen LogP contribution is -2.08. The summed E-state index contributed by atoms with van der Waals surface area (Å²) >= 11 is 0. The Kier molecular flexibility index (Phi) is 3.83. The predicted molar refractivity (Wildman–Crippen MR) is 85.3 cm³/mol. The van der Waals surface area contributed by atoms with Gasteiger partial charge in [-0.2, -0.15) is 0 Å². The summed E-state index contributed by atoms with van der Waals surface area (Å²) in [5.74, 6) is 1.37. The molecular formula is C18H16N2O. The highest BCUT2D eigenvalue weighted by Gasteiger charge is 2.05. The molecule has 3 aromatic rings. The minimum absolute atomic E-state index is 0.594. The molecule has 0 unspecified atom stereocenters. The minimum atomic E-state index is 0.594. The Bertz CT molecular complexity index is 699. The van der Waals surface area contributed by atoms with Crippen LogP contribution in [0.3, 0.4) is 0 Å². The zero-order valence-electron chi connectivity index (χ0n) is 11.8. The van der Waals surface area contributed by atoms with E-state index in [0.717, 1.165) is 17.1 Å². The SMILES string of the molecule is CN(c1ccccc1)c1cccc(Oc2ccccn2)c1. The number of ether oxygens (including phenoxy) is 1. The number of pyridine rings is 1. The normalized spacial score (nSPS) is 10.1. The summed E-state index contributed by atoms with van der Waals surface area (Å²) in [6.45, 7) is 0. The van der Waals surface area contributed by atoms with Gasteiger partial charge in [0.25, 0.3) is 0 Å². The number of hydrogen-bond acceptors (Lipinski definition) is 3. The molecule has 2 aromatic carbocycles. The monoisotopic (exact) mass is 276 g/mol. The standard InChI is InChI=1S/C18H16N2O/c1-20(15-8-3-2-4-9-15)16-10-7-11-17(14-16)21-18-12-5-6-13-19-18/h2-14H,1H3. The van der Waals surface area contributed by atoms with Crippen LogP contribution in [0.4, 0.5) is 11.4 Å². The molecule has 0 aliphatic carbocycles. The van der Waals surface area contributed by atoms with Crippen LogP contribution in [-0.2, 0) is 0 Å². The van der Waals surface area contributed by atoms with Gasteiger partial charge in [0.1, 0.15) is 5.75 Å². The predicted octanol–water partition coefficient (Wildman–Crippen LogP) is 4.64. The van der Waals surface area contributed by atoms with Gasteiger partial charge in [-0.3, -0.25) is 0 Å². The third-order valence-corrected chi connectivity index (χ3v) is 3.21. The van der Waals surface area contributed by atoms with E-state index in [-0.39, 0.29) is 0 Å². The summed E-state index contributed by atoms with van der Waals surface area (Å²) in [5.41, 5.74) is 2.20. The molecule has 0 amide bonds. The first-order valence-electron chi connectivity index (χ1n) is 6.81. The Hall–Kier alpha value is -2.81. The largest absolute Gasteiger partial charge is 0.439 e. The third kappa shape index (κ3) is 3.20. The smallest absolute Gasteiger partial charge is 0.219 e. The third-order valence-electron chi connectivity index (χ3n) is 3.21. The van der Waals surface area contributed by atoms with Gasteiger partial charge in [0.2, 0.25) is 5.88 Å². The van der Waals surface area contributed by atoms with Crippen molar-refractivity contribution in [2.24, 2.45) is 0 Å². The fraction of sp³-hybridized carbons (Fsp3) is 0.0556. The molecule has 0 radical (unpaired) electrons. The molecule has 3 rings (SSSR count). The number of para-hydroxylation sites is 1. The van der Waals surface area contributed by atoms with Gasteiger partial charge >= 0.3 is 0 Å². The van der Waals surface area contributed by atoms with Gasteiger partial charge in [-0.15, -0.1) is 0 Å². The lowest BCUT2D eigenvalue weighted by molar-refractivity contribution is 0.463. The van der Waals surface area contributed by atoms with E-state index in [0.29, 0.717) is 5.88 Å². The van der Waals surface area contributed by atoms with Crippen molar-refractivity contribution in [3.05, 3.63) is 79.0 Å². The van der Waals surface area contributed by atoms with Gasteiger partial charge < -0.3 is 9.64 Å². The van der Waals surface area contributed by atoms with E-state index < -0.39 is 0 Å². The van der Waals surface area contributed by atoms with Crippen molar-refractivity contribution in [2.45, 2.75) is 0 Å². The first-order valence-corrected chi connectivity index (χ1v) is 6.81. The summed E-state index contributed by atoms with van der Waals surface area (Å²) in [6, 6.07) is 23.8. The highest BCUT2D eigenvalue weighted by atomic mass is 16.5. The Balaban J connectivity index is 1.83. The van der Waals surface area contributed by atoms with Crippen molar-refractivity contribution in [3.63, 3.8) is 0 Å². The van der Waals surface area contributed by atoms with Crippen LogP contribution in [0, 0.1) is 0 Å². The molecule has 0 spiro atoms. The topological polar surface area (TPSA) is 25.4 Å². The van der Waals surface area contributed by atoms with Crippen LogP contribution in [0.2, 0.25) is 0 Å². The summed E-state index contributed by atoms with van der Waals surface area (Å²) in [6.07, 6.45) is 1.72. The average molecular weight is 276 g/mol. The molecule has 0 saturated heterocycles. The van der Waals surface area contributed by atoms with Crippen LogP contribution in [0.5, 0.6) is 11.6 Å². The molecule has 104 valence electrons. The van der Waals surface area contributed by atoms with Gasteiger partial charge in [0.05, 0.1) is 0 Å². The molecule has 0 fully saturated rings. The van der Waals surface area contributed by atoms with Crippen molar-refractivity contribution in [2.75, 3.05) is 11.9 Å². The summed E-state index contributed by atoms with van der Waals surface area (Å²) in [4.78, 5) is 6.29. The Morgan fingerprint density at radius 3 is 2.33 bits per heavy atom. The molecule has 0 bridgehead atoms. The maximum absolute atomic E-state index is 5.77. The van der Waals surface area contributed by atoms with E-state index in [2.05, 4.69) is 28.1 Å². The average Bonchev–Trinajstić information content (AvgIpc) is 2.56. The van der Waals surface area contributed by atoms with Crippen LogP contribution in [-0.4, -0.2) is 12.0 Å². The second-order valence-electron chi connectivity index (χ2n) is 4.66.